The van der Waals surface area contributed by atoms with E-state index in [1.54, 1.807) is 12.1 Å². The Balaban J connectivity index is 1.54. The molecule has 1 saturated heterocycles. The molecule has 1 fully saturated rings. The summed E-state index contributed by atoms with van der Waals surface area (Å²) in [6.07, 6.45) is 3.01. The molecule has 1 aromatic carbocycles. The lowest BCUT2D eigenvalue weighted by atomic mass is 10.1. The summed E-state index contributed by atoms with van der Waals surface area (Å²) < 4.78 is 6.89. The second kappa shape index (κ2) is 8.11. The van der Waals surface area contributed by atoms with Crippen LogP contribution in [0.25, 0.3) is 0 Å². The zero-order valence-electron chi connectivity index (χ0n) is 13.2. The van der Waals surface area contributed by atoms with Crippen LogP contribution in [0, 0.1) is 11.3 Å². The highest BCUT2D eigenvalue weighted by Gasteiger charge is 2.23. The maximum atomic E-state index is 12.2. The van der Waals surface area contributed by atoms with E-state index in [4.69, 9.17) is 28.5 Å². The van der Waals surface area contributed by atoms with E-state index in [1.165, 1.54) is 23.0 Å². The van der Waals surface area contributed by atoms with Crippen molar-refractivity contribution in [3.8, 4) is 6.07 Å². The number of aromatic nitrogens is 2. The number of hydrogen-bond donors (Lipinski definition) is 1. The minimum Gasteiger partial charge on any atom is -0.317 e. The second-order valence-electron chi connectivity index (χ2n) is 5.60. The topological polar surface area (TPSA) is 74.0 Å². The minimum absolute atomic E-state index is 0.0222. The lowest BCUT2D eigenvalue weighted by molar-refractivity contribution is 0.269. The maximum Gasteiger partial charge on any atom is 0.287 e. The molecule has 1 N–H and O–H groups in total. The van der Waals surface area contributed by atoms with Gasteiger partial charge in [0.15, 0.2) is 0 Å². The fraction of sp³-hybridized carbons (Fsp3) is 0.312. The zero-order chi connectivity index (χ0) is 17.8. The van der Waals surface area contributed by atoms with Gasteiger partial charge in [-0.05, 0) is 37.1 Å². The van der Waals surface area contributed by atoms with Gasteiger partial charge in [-0.2, -0.15) is 10.4 Å². The SMILES string of the molecule is N#Cc1ccc(NSN2CCC(n3ncc(Cl)c(Cl)c3=O)CC2)cc1. The fourth-order valence-corrected chi connectivity index (χ4v) is 3.62. The van der Waals surface area contributed by atoms with E-state index in [2.05, 4.69) is 20.2 Å². The monoisotopic (exact) mass is 395 g/mol. The summed E-state index contributed by atoms with van der Waals surface area (Å²) in [5.74, 6) is 0. The maximum absolute atomic E-state index is 12.2. The Morgan fingerprint density at radius 2 is 1.92 bits per heavy atom. The van der Waals surface area contributed by atoms with E-state index in [0.29, 0.717) is 5.56 Å². The van der Waals surface area contributed by atoms with Crippen LogP contribution in [0.5, 0.6) is 0 Å². The summed E-state index contributed by atoms with van der Waals surface area (Å²) in [6.45, 7) is 1.62. The first-order chi connectivity index (χ1) is 12.1. The molecular weight excluding hydrogens is 381 g/mol. The summed E-state index contributed by atoms with van der Waals surface area (Å²) in [4.78, 5) is 12.2. The van der Waals surface area contributed by atoms with E-state index in [1.807, 2.05) is 12.1 Å². The number of piperidine rings is 1. The predicted octanol–water partition coefficient (Wildman–Crippen LogP) is 3.73. The smallest absolute Gasteiger partial charge is 0.287 e. The van der Waals surface area contributed by atoms with Crippen molar-refractivity contribution in [3.63, 3.8) is 0 Å². The molecule has 0 saturated carbocycles. The third-order valence-electron chi connectivity index (χ3n) is 3.98. The molecular formula is C16H15Cl2N5OS. The predicted molar refractivity (Wildman–Crippen MR) is 101 cm³/mol. The zero-order valence-corrected chi connectivity index (χ0v) is 15.5. The van der Waals surface area contributed by atoms with Gasteiger partial charge >= 0.3 is 0 Å². The van der Waals surface area contributed by atoms with Gasteiger partial charge in [-0.3, -0.25) is 4.79 Å². The van der Waals surface area contributed by atoms with Gasteiger partial charge in [0.25, 0.3) is 5.56 Å². The number of anilines is 1. The van der Waals surface area contributed by atoms with Crippen LogP contribution in [0.15, 0.2) is 35.3 Å². The quantitative estimate of drug-likeness (QED) is 0.794. The molecule has 130 valence electrons. The van der Waals surface area contributed by atoms with E-state index >= 15 is 0 Å². The highest BCUT2D eigenvalue weighted by atomic mass is 35.5. The Hall–Kier alpha value is -1.72. The van der Waals surface area contributed by atoms with Gasteiger partial charge in [0.2, 0.25) is 0 Å². The van der Waals surface area contributed by atoms with Crippen LogP contribution >= 0.6 is 35.3 Å². The average molecular weight is 396 g/mol. The Morgan fingerprint density at radius 1 is 1.24 bits per heavy atom. The van der Waals surface area contributed by atoms with Crippen molar-refractivity contribution in [1.29, 1.82) is 5.26 Å². The molecule has 25 heavy (non-hydrogen) atoms. The molecule has 2 heterocycles. The summed E-state index contributed by atoms with van der Waals surface area (Å²) in [5.41, 5.74) is 1.24. The van der Waals surface area contributed by atoms with E-state index in [9.17, 15) is 4.79 Å². The van der Waals surface area contributed by atoms with Gasteiger partial charge in [-0.1, -0.05) is 23.2 Å². The number of nitrogens with one attached hydrogen (secondary N) is 1. The normalized spacial score (nSPS) is 15.7. The van der Waals surface area contributed by atoms with Crippen molar-refractivity contribution in [2.75, 3.05) is 17.8 Å². The second-order valence-corrected chi connectivity index (χ2v) is 7.29. The molecule has 2 aromatic rings. The molecule has 0 bridgehead atoms. The Kier molecular flexibility index (Phi) is 5.86. The number of nitriles is 1. The number of hydrogen-bond acceptors (Lipinski definition) is 6. The average Bonchev–Trinajstić information content (AvgIpc) is 2.65. The lowest BCUT2D eigenvalue weighted by Gasteiger charge is -2.31. The van der Waals surface area contributed by atoms with Gasteiger partial charge in [0.1, 0.15) is 5.02 Å². The number of benzene rings is 1. The van der Waals surface area contributed by atoms with Gasteiger partial charge in [-0.25, -0.2) is 8.99 Å². The summed E-state index contributed by atoms with van der Waals surface area (Å²) >= 11 is 13.3. The van der Waals surface area contributed by atoms with E-state index < -0.39 is 0 Å². The van der Waals surface area contributed by atoms with Crippen molar-refractivity contribution < 1.29 is 0 Å². The highest BCUT2D eigenvalue weighted by molar-refractivity contribution is 7.98. The van der Waals surface area contributed by atoms with Crippen LogP contribution in [-0.4, -0.2) is 27.2 Å². The first-order valence-corrected chi connectivity index (χ1v) is 9.22. The van der Waals surface area contributed by atoms with Crippen molar-refractivity contribution in [1.82, 2.24) is 14.1 Å². The van der Waals surface area contributed by atoms with Crippen LogP contribution in [0.2, 0.25) is 10.0 Å². The van der Waals surface area contributed by atoms with E-state index in [-0.39, 0.29) is 21.6 Å². The lowest BCUT2D eigenvalue weighted by Crippen LogP contribution is -2.36. The van der Waals surface area contributed by atoms with Gasteiger partial charge in [-0.15, -0.1) is 0 Å². The molecule has 9 heteroatoms. The third-order valence-corrected chi connectivity index (χ3v) is 5.68. The molecule has 0 spiro atoms. The molecule has 6 nitrogen and oxygen atoms in total. The number of rotatable bonds is 4. The van der Waals surface area contributed by atoms with Crippen LogP contribution in [0.1, 0.15) is 24.4 Å². The molecule has 1 aromatic heterocycles. The molecule has 0 atom stereocenters. The molecule has 0 aliphatic carbocycles. The van der Waals surface area contributed by atoms with Crippen molar-refractivity contribution in [3.05, 3.63) is 56.4 Å². The first kappa shape index (κ1) is 18.1. The Morgan fingerprint density at radius 3 is 2.56 bits per heavy atom. The van der Waals surface area contributed by atoms with Crippen LogP contribution < -0.4 is 10.3 Å². The van der Waals surface area contributed by atoms with Gasteiger partial charge in [0, 0.05) is 30.9 Å². The summed E-state index contributed by atoms with van der Waals surface area (Å²) in [7, 11) is 0. The minimum atomic E-state index is -0.337. The van der Waals surface area contributed by atoms with Crippen LogP contribution in [-0.2, 0) is 0 Å². The standard InChI is InChI=1S/C16H15Cl2N5OS/c17-14-10-20-23(16(24)15(14)18)13-5-7-22(8-6-13)25-21-12-3-1-11(9-19)2-4-12/h1-4,10,13,21H,5-8H2. The summed E-state index contributed by atoms with van der Waals surface area (Å²) in [5, 5.41) is 13.1. The van der Waals surface area contributed by atoms with Crippen molar-refractivity contribution >= 4 is 41.0 Å². The van der Waals surface area contributed by atoms with Crippen molar-refractivity contribution in [2.24, 2.45) is 0 Å². The van der Waals surface area contributed by atoms with E-state index in [0.717, 1.165) is 31.6 Å². The first-order valence-electron chi connectivity index (χ1n) is 7.69. The molecule has 1 aliphatic rings. The molecule has 0 amide bonds. The third kappa shape index (κ3) is 4.28. The molecule has 1 aliphatic heterocycles. The van der Waals surface area contributed by atoms with Crippen LogP contribution in [0.4, 0.5) is 5.69 Å². The summed E-state index contributed by atoms with van der Waals surface area (Å²) in [6, 6.07) is 9.41. The highest BCUT2D eigenvalue weighted by Crippen LogP contribution is 2.27. The fourth-order valence-electron chi connectivity index (χ4n) is 2.59. The Labute approximate surface area is 159 Å². The number of halogens is 2. The molecule has 0 radical (unpaired) electrons. The molecule has 0 unspecified atom stereocenters. The van der Waals surface area contributed by atoms with Crippen LogP contribution in [0.3, 0.4) is 0 Å². The van der Waals surface area contributed by atoms with Gasteiger partial charge in [0.05, 0.1) is 28.9 Å². The van der Waals surface area contributed by atoms with Crippen molar-refractivity contribution in [2.45, 2.75) is 18.9 Å². The molecule has 3 rings (SSSR count). The largest absolute Gasteiger partial charge is 0.317 e. The number of nitrogens with zero attached hydrogens (tertiary/aromatic N) is 4. The Bertz CT molecular complexity index is 841. The van der Waals surface area contributed by atoms with Gasteiger partial charge < -0.3 is 4.72 Å².